The van der Waals surface area contributed by atoms with Crippen LogP contribution in [0.25, 0.3) is 0 Å². The van der Waals surface area contributed by atoms with Crippen molar-refractivity contribution in [3.8, 4) is 0 Å². The largest absolute Gasteiger partial charge is 0.456 e. The summed E-state index contributed by atoms with van der Waals surface area (Å²) in [5.74, 6) is 5.53. The van der Waals surface area contributed by atoms with Crippen LogP contribution in [0.5, 0.6) is 0 Å². The SMILES string of the molecule is CCc1ccc(C(=O)NN)o1. The standard InChI is InChI=1S/C7H10N2O2/c1-2-5-3-4-6(11-5)7(10)9-8/h3-4H,2,8H2,1H3,(H,9,10). The Hall–Kier alpha value is -1.29. The molecule has 0 saturated carbocycles. The monoisotopic (exact) mass is 154 g/mol. The van der Waals surface area contributed by atoms with Crippen molar-refractivity contribution in [3.63, 3.8) is 0 Å². The summed E-state index contributed by atoms with van der Waals surface area (Å²) in [5, 5.41) is 0. The first-order chi connectivity index (χ1) is 5.27. The van der Waals surface area contributed by atoms with Gasteiger partial charge in [0.1, 0.15) is 5.76 Å². The second-order valence-electron chi connectivity index (χ2n) is 2.09. The van der Waals surface area contributed by atoms with Crippen molar-refractivity contribution < 1.29 is 9.21 Å². The highest BCUT2D eigenvalue weighted by Gasteiger charge is 2.07. The fraction of sp³-hybridized carbons (Fsp3) is 0.286. The molecule has 0 aliphatic carbocycles. The average Bonchev–Trinajstić information content (AvgIpc) is 2.50. The molecule has 3 N–H and O–H groups in total. The number of rotatable bonds is 2. The van der Waals surface area contributed by atoms with Crippen LogP contribution in [0.4, 0.5) is 0 Å². The Kier molecular flexibility index (Phi) is 2.28. The second kappa shape index (κ2) is 3.21. The molecule has 1 rings (SSSR count). The highest BCUT2D eigenvalue weighted by Crippen LogP contribution is 2.07. The fourth-order valence-corrected chi connectivity index (χ4v) is 0.761. The van der Waals surface area contributed by atoms with Crippen LogP contribution in [0, 0.1) is 0 Å². The van der Waals surface area contributed by atoms with Crippen LogP contribution in [0.3, 0.4) is 0 Å². The predicted octanol–water partition coefficient (Wildman–Crippen LogP) is 0.446. The molecular weight excluding hydrogens is 144 g/mol. The zero-order valence-corrected chi connectivity index (χ0v) is 6.26. The van der Waals surface area contributed by atoms with E-state index < -0.39 is 5.91 Å². The van der Waals surface area contributed by atoms with Crippen molar-refractivity contribution in [2.75, 3.05) is 0 Å². The maximum absolute atomic E-state index is 10.8. The van der Waals surface area contributed by atoms with Gasteiger partial charge in [0, 0.05) is 6.42 Å². The van der Waals surface area contributed by atoms with Crippen LogP contribution in [-0.4, -0.2) is 5.91 Å². The van der Waals surface area contributed by atoms with Gasteiger partial charge in [-0.15, -0.1) is 0 Å². The molecule has 0 aromatic carbocycles. The number of nitrogen functional groups attached to an aromatic ring is 1. The van der Waals surface area contributed by atoms with E-state index in [4.69, 9.17) is 10.3 Å². The number of aryl methyl sites for hydroxylation is 1. The summed E-state index contributed by atoms with van der Waals surface area (Å²) in [7, 11) is 0. The summed E-state index contributed by atoms with van der Waals surface area (Å²) in [6, 6.07) is 3.35. The lowest BCUT2D eigenvalue weighted by atomic mass is 10.3. The van der Waals surface area contributed by atoms with E-state index in [-0.39, 0.29) is 5.76 Å². The van der Waals surface area contributed by atoms with Crippen molar-refractivity contribution in [2.24, 2.45) is 5.84 Å². The number of nitrogens with two attached hydrogens (primary N) is 1. The molecule has 0 fully saturated rings. The molecule has 0 radical (unpaired) electrons. The smallest absolute Gasteiger partial charge is 0.300 e. The molecule has 0 aliphatic rings. The summed E-state index contributed by atoms with van der Waals surface area (Å²) in [6.45, 7) is 1.95. The molecule has 0 saturated heterocycles. The molecule has 1 aromatic heterocycles. The van der Waals surface area contributed by atoms with Gasteiger partial charge in [-0.3, -0.25) is 10.2 Å². The highest BCUT2D eigenvalue weighted by molar-refractivity contribution is 5.90. The molecule has 4 heteroatoms. The Morgan fingerprint density at radius 3 is 2.91 bits per heavy atom. The van der Waals surface area contributed by atoms with E-state index in [0.29, 0.717) is 0 Å². The molecular formula is C7H10N2O2. The molecule has 0 unspecified atom stereocenters. The zero-order valence-electron chi connectivity index (χ0n) is 6.26. The maximum atomic E-state index is 10.8. The lowest BCUT2D eigenvalue weighted by molar-refractivity contribution is 0.0924. The van der Waals surface area contributed by atoms with Crippen molar-refractivity contribution in [1.29, 1.82) is 0 Å². The number of hydrogen-bond donors (Lipinski definition) is 2. The van der Waals surface area contributed by atoms with Crippen LogP contribution in [-0.2, 0) is 6.42 Å². The third-order valence-electron chi connectivity index (χ3n) is 1.36. The van der Waals surface area contributed by atoms with E-state index in [1.165, 1.54) is 0 Å². The summed E-state index contributed by atoms with van der Waals surface area (Å²) < 4.78 is 5.09. The van der Waals surface area contributed by atoms with Gasteiger partial charge < -0.3 is 4.42 Å². The average molecular weight is 154 g/mol. The van der Waals surface area contributed by atoms with Crippen molar-refractivity contribution in [1.82, 2.24) is 5.43 Å². The number of amides is 1. The first kappa shape index (κ1) is 7.81. The normalized spacial score (nSPS) is 9.64. The van der Waals surface area contributed by atoms with Gasteiger partial charge in [0.05, 0.1) is 0 Å². The molecule has 0 atom stereocenters. The molecule has 1 amide bonds. The van der Waals surface area contributed by atoms with Gasteiger partial charge >= 0.3 is 5.91 Å². The van der Waals surface area contributed by atoms with E-state index in [1.54, 1.807) is 12.1 Å². The van der Waals surface area contributed by atoms with E-state index in [9.17, 15) is 4.79 Å². The number of hydrogen-bond acceptors (Lipinski definition) is 3. The summed E-state index contributed by atoms with van der Waals surface area (Å²) >= 11 is 0. The Labute approximate surface area is 64.3 Å². The number of carbonyl (C=O) groups excluding carboxylic acids is 1. The van der Waals surface area contributed by atoms with E-state index >= 15 is 0 Å². The van der Waals surface area contributed by atoms with Gasteiger partial charge in [0.2, 0.25) is 0 Å². The van der Waals surface area contributed by atoms with Gasteiger partial charge in [0.15, 0.2) is 5.76 Å². The van der Waals surface area contributed by atoms with Gasteiger partial charge in [0.25, 0.3) is 0 Å². The van der Waals surface area contributed by atoms with Crippen LogP contribution < -0.4 is 11.3 Å². The summed E-state index contributed by atoms with van der Waals surface area (Å²) in [4.78, 5) is 10.8. The van der Waals surface area contributed by atoms with Crippen LogP contribution in [0.2, 0.25) is 0 Å². The van der Waals surface area contributed by atoms with Crippen LogP contribution in [0.15, 0.2) is 16.5 Å². The van der Waals surface area contributed by atoms with Gasteiger partial charge in [-0.2, -0.15) is 0 Å². The molecule has 0 aliphatic heterocycles. The predicted molar refractivity (Wildman–Crippen MR) is 39.7 cm³/mol. The maximum Gasteiger partial charge on any atom is 0.300 e. The Balaban J connectivity index is 2.80. The summed E-state index contributed by atoms with van der Waals surface area (Å²) in [5.41, 5.74) is 1.99. The van der Waals surface area contributed by atoms with Crippen LogP contribution >= 0.6 is 0 Å². The first-order valence-corrected chi connectivity index (χ1v) is 3.37. The minimum Gasteiger partial charge on any atom is -0.456 e. The third-order valence-corrected chi connectivity index (χ3v) is 1.36. The third kappa shape index (κ3) is 1.59. The molecule has 1 aromatic rings. The number of carbonyl (C=O) groups is 1. The molecule has 0 bridgehead atoms. The van der Waals surface area contributed by atoms with Crippen molar-refractivity contribution >= 4 is 5.91 Å². The molecule has 11 heavy (non-hydrogen) atoms. The number of furan rings is 1. The molecule has 1 heterocycles. The summed E-state index contributed by atoms with van der Waals surface area (Å²) in [6.07, 6.45) is 0.776. The highest BCUT2D eigenvalue weighted by atomic mass is 16.3. The van der Waals surface area contributed by atoms with Gasteiger partial charge in [-0.05, 0) is 12.1 Å². The van der Waals surface area contributed by atoms with Crippen molar-refractivity contribution in [2.45, 2.75) is 13.3 Å². The minimum absolute atomic E-state index is 0.254. The zero-order chi connectivity index (χ0) is 8.27. The molecule has 4 nitrogen and oxygen atoms in total. The van der Waals surface area contributed by atoms with E-state index in [0.717, 1.165) is 12.2 Å². The number of nitrogens with one attached hydrogen (secondary N) is 1. The Morgan fingerprint density at radius 1 is 1.73 bits per heavy atom. The lowest BCUT2D eigenvalue weighted by Gasteiger charge is -1.92. The molecule has 60 valence electrons. The Bertz CT molecular complexity index is 255. The topological polar surface area (TPSA) is 68.3 Å². The van der Waals surface area contributed by atoms with E-state index in [2.05, 4.69) is 0 Å². The quantitative estimate of drug-likeness (QED) is 0.369. The molecule has 0 spiro atoms. The lowest BCUT2D eigenvalue weighted by Crippen LogP contribution is -2.29. The van der Waals surface area contributed by atoms with Crippen molar-refractivity contribution in [3.05, 3.63) is 23.7 Å². The fourth-order valence-electron chi connectivity index (χ4n) is 0.761. The first-order valence-electron chi connectivity index (χ1n) is 3.37. The van der Waals surface area contributed by atoms with Gasteiger partial charge in [-0.25, -0.2) is 5.84 Å². The minimum atomic E-state index is -0.398. The van der Waals surface area contributed by atoms with E-state index in [1.807, 2.05) is 12.3 Å². The van der Waals surface area contributed by atoms with Gasteiger partial charge in [-0.1, -0.05) is 6.92 Å². The Morgan fingerprint density at radius 2 is 2.45 bits per heavy atom. The number of hydrazine groups is 1. The second-order valence-corrected chi connectivity index (χ2v) is 2.09. The van der Waals surface area contributed by atoms with Crippen LogP contribution in [0.1, 0.15) is 23.2 Å².